The molecule has 2 fully saturated rings. The molecule has 0 unspecified atom stereocenters. The van der Waals surface area contributed by atoms with Gasteiger partial charge in [-0.3, -0.25) is 29.4 Å². The topological polar surface area (TPSA) is 102 Å². The highest BCUT2D eigenvalue weighted by Crippen LogP contribution is 2.38. The van der Waals surface area contributed by atoms with Crippen molar-refractivity contribution in [2.24, 2.45) is 11.8 Å². The molecule has 0 radical (unpaired) electrons. The number of nitrogens with zero attached hydrogens (tertiary/aromatic N) is 1. The minimum atomic E-state index is -1.05. The number of amides is 2. The first-order chi connectivity index (χ1) is 13.0. The van der Waals surface area contributed by atoms with Crippen molar-refractivity contribution >= 4 is 23.8 Å². The predicted octanol–water partition coefficient (Wildman–Crippen LogP) is 0.254. The molecule has 1 aromatic carbocycles. The van der Waals surface area contributed by atoms with Crippen molar-refractivity contribution in [3.8, 4) is 0 Å². The van der Waals surface area contributed by atoms with Crippen LogP contribution in [-0.4, -0.2) is 54.0 Å². The van der Waals surface area contributed by atoms with E-state index in [0.29, 0.717) is 0 Å². The Hall–Kier alpha value is -2.74. The van der Waals surface area contributed by atoms with Gasteiger partial charge in [0.1, 0.15) is 12.1 Å². The summed E-state index contributed by atoms with van der Waals surface area (Å²) < 4.78 is 10.0. The van der Waals surface area contributed by atoms with Crippen LogP contribution in [0.1, 0.15) is 19.4 Å². The minimum absolute atomic E-state index is 0.0938. The molecule has 4 atom stereocenters. The van der Waals surface area contributed by atoms with Crippen molar-refractivity contribution < 1.29 is 28.7 Å². The number of hydrogen-bond donors (Lipinski definition) is 1. The van der Waals surface area contributed by atoms with Gasteiger partial charge in [0.2, 0.25) is 11.8 Å². The molecule has 2 saturated heterocycles. The van der Waals surface area contributed by atoms with Crippen molar-refractivity contribution in [1.29, 1.82) is 0 Å². The highest BCUT2D eigenvalue weighted by atomic mass is 16.5. The average molecular weight is 374 g/mol. The molecule has 0 aliphatic carbocycles. The molecule has 0 bridgehead atoms. The molecule has 2 heterocycles. The van der Waals surface area contributed by atoms with Crippen molar-refractivity contribution in [1.82, 2.24) is 10.2 Å². The molecule has 1 aromatic rings. The second kappa shape index (κ2) is 7.87. The third-order valence-electron chi connectivity index (χ3n) is 4.83. The maximum Gasteiger partial charge on any atom is 0.324 e. The zero-order valence-corrected chi connectivity index (χ0v) is 15.2. The van der Waals surface area contributed by atoms with Crippen LogP contribution >= 0.6 is 0 Å². The van der Waals surface area contributed by atoms with E-state index in [0.717, 1.165) is 10.5 Å². The van der Waals surface area contributed by atoms with Gasteiger partial charge in [-0.15, -0.1) is 0 Å². The van der Waals surface area contributed by atoms with Gasteiger partial charge in [-0.1, -0.05) is 30.3 Å². The van der Waals surface area contributed by atoms with Crippen LogP contribution in [0.3, 0.4) is 0 Å². The zero-order chi connectivity index (χ0) is 19.6. The van der Waals surface area contributed by atoms with Gasteiger partial charge in [-0.25, -0.2) is 0 Å². The Morgan fingerprint density at radius 1 is 0.926 bits per heavy atom. The largest absolute Gasteiger partial charge is 0.465 e. The van der Waals surface area contributed by atoms with Gasteiger partial charge >= 0.3 is 11.9 Å². The van der Waals surface area contributed by atoms with E-state index in [-0.39, 0.29) is 19.8 Å². The van der Waals surface area contributed by atoms with Gasteiger partial charge in [-0.05, 0) is 19.4 Å². The number of carbonyl (C=O) groups excluding carboxylic acids is 4. The van der Waals surface area contributed by atoms with Crippen LogP contribution in [0, 0.1) is 11.8 Å². The summed E-state index contributed by atoms with van der Waals surface area (Å²) in [5.41, 5.74) is 0.785. The molecular formula is C19H22N2O6. The summed E-state index contributed by atoms with van der Waals surface area (Å²) in [5, 5.41) is 2.79. The zero-order valence-electron chi connectivity index (χ0n) is 15.2. The normalized spacial score (nSPS) is 26.8. The van der Waals surface area contributed by atoms with Crippen LogP contribution in [0.4, 0.5) is 0 Å². The Morgan fingerprint density at radius 2 is 1.41 bits per heavy atom. The summed E-state index contributed by atoms with van der Waals surface area (Å²) in [6.45, 7) is 3.66. The van der Waals surface area contributed by atoms with E-state index in [1.54, 1.807) is 26.0 Å². The predicted molar refractivity (Wildman–Crippen MR) is 93.0 cm³/mol. The molecule has 0 aromatic heterocycles. The molecule has 8 nitrogen and oxygen atoms in total. The van der Waals surface area contributed by atoms with E-state index in [1.165, 1.54) is 0 Å². The lowest BCUT2D eigenvalue weighted by atomic mass is 9.89. The van der Waals surface area contributed by atoms with Crippen molar-refractivity contribution in [2.75, 3.05) is 13.2 Å². The summed E-state index contributed by atoms with van der Waals surface area (Å²) in [7, 11) is 0. The summed E-state index contributed by atoms with van der Waals surface area (Å²) in [6, 6.07) is 6.96. The molecule has 2 aliphatic heterocycles. The summed E-state index contributed by atoms with van der Waals surface area (Å²) in [4.78, 5) is 51.6. The average Bonchev–Trinajstić information content (AvgIpc) is 3.16. The Morgan fingerprint density at radius 3 is 1.85 bits per heavy atom. The number of ether oxygens (including phenoxy) is 2. The smallest absolute Gasteiger partial charge is 0.324 e. The summed E-state index contributed by atoms with van der Waals surface area (Å²) in [6.07, 6.45) is 0. The lowest BCUT2D eigenvalue weighted by molar-refractivity contribution is -0.152. The molecule has 144 valence electrons. The van der Waals surface area contributed by atoms with E-state index < -0.39 is 47.7 Å². The highest BCUT2D eigenvalue weighted by Gasteiger charge is 2.63. The van der Waals surface area contributed by atoms with E-state index in [2.05, 4.69) is 5.32 Å². The SMILES string of the molecule is CCOC(=O)[C@H]1N[C@H](C(=O)OCC)[C@H]2C(=O)N(Cc3ccccc3)C(=O)[C@H]21. The lowest BCUT2D eigenvalue weighted by Crippen LogP contribution is -2.48. The molecular weight excluding hydrogens is 352 g/mol. The number of esters is 2. The molecule has 2 amide bonds. The van der Waals surface area contributed by atoms with Gasteiger partial charge in [0.15, 0.2) is 0 Å². The molecule has 8 heteroatoms. The van der Waals surface area contributed by atoms with E-state index in [4.69, 9.17) is 9.47 Å². The Bertz CT molecular complexity index is 708. The third-order valence-corrected chi connectivity index (χ3v) is 4.83. The van der Waals surface area contributed by atoms with Crippen LogP contribution in [-0.2, 0) is 35.2 Å². The number of fused-ring (bicyclic) bond motifs is 1. The van der Waals surface area contributed by atoms with Gasteiger partial charge in [0, 0.05) is 0 Å². The number of rotatable bonds is 6. The molecule has 0 saturated carbocycles. The molecule has 2 aliphatic rings. The fourth-order valence-electron chi connectivity index (χ4n) is 3.69. The fraction of sp³-hybridized carbons (Fsp3) is 0.474. The van der Waals surface area contributed by atoms with Crippen LogP contribution in [0.15, 0.2) is 30.3 Å². The number of imide groups is 1. The van der Waals surface area contributed by atoms with Crippen LogP contribution in [0.25, 0.3) is 0 Å². The van der Waals surface area contributed by atoms with Crippen molar-refractivity contribution in [3.63, 3.8) is 0 Å². The molecule has 0 spiro atoms. The van der Waals surface area contributed by atoms with Crippen LogP contribution < -0.4 is 5.32 Å². The second-order valence-corrected chi connectivity index (χ2v) is 6.43. The van der Waals surface area contributed by atoms with Gasteiger partial charge in [-0.2, -0.15) is 0 Å². The Labute approximate surface area is 156 Å². The monoisotopic (exact) mass is 374 g/mol. The van der Waals surface area contributed by atoms with Crippen LogP contribution in [0.2, 0.25) is 0 Å². The molecule has 3 rings (SSSR count). The number of benzene rings is 1. The van der Waals surface area contributed by atoms with E-state index in [9.17, 15) is 19.2 Å². The standard InChI is InChI=1S/C19H22N2O6/c1-3-26-18(24)14-12-13(15(20-14)19(25)27-4-2)17(23)21(16(12)22)10-11-8-6-5-7-9-11/h5-9,12-15,20H,3-4,10H2,1-2H3/t12-,13+,14-,15-/m0/s1. The van der Waals surface area contributed by atoms with E-state index in [1.807, 2.05) is 18.2 Å². The summed E-state index contributed by atoms with van der Waals surface area (Å²) in [5.74, 6) is -4.22. The van der Waals surface area contributed by atoms with Crippen molar-refractivity contribution in [2.45, 2.75) is 32.5 Å². The minimum Gasteiger partial charge on any atom is -0.465 e. The van der Waals surface area contributed by atoms with Crippen molar-refractivity contribution in [3.05, 3.63) is 35.9 Å². The molecule has 27 heavy (non-hydrogen) atoms. The lowest BCUT2D eigenvalue weighted by Gasteiger charge is -2.21. The summed E-state index contributed by atoms with van der Waals surface area (Å²) >= 11 is 0. The second-order valence-electron chi connectivity index (χ2n) is 6.43. The number of hydrogen-bond acceptors (Lipinski definition) is 7. The Kier molecular flexibility index (Phi) is 5.55. The van der Waals surface area contributed by atoms with E-state index >= 15 is 0 Å². The molecule has 1 N–H and O–H groups in total. The van der Waals surface area contributed by atoms with Gasteiger partial charge in [0.25, 0.3) is 0 Å². The first kappa shape index (κ1) is 19.0. The van der Waals surface area contributed by atoms with Gasteiger partial charge in [0.05, 0.1) is 31.6 Å². The first-order valence-electron chi connectivity index (χ1n) is 8.98. The quantitative estimate of drug-likeness (QED) is 0.563. The van der Waals surface area contributed by atoms with Gasteiger partial charge < -0.3 is 9.47 Å². The third kappa shape index (κ3) is 3.44. The van der Waals surface area contributed by atoms with Crippen LogP contribution in [0.5, 0.6) is 0 Å². The number of likely N-dealkylation sites (tertiary alicyclic amines) is 1. The highest BCUT2D eigenvalue weighted by molar-refractivity contribution is 6.10. The number of carbonyl (C=O) groups is 4. The number of nitrogens with one attached hydrogen (secondary N) is 1. The fourth-order valence-corrected chi connectivity index (χ4v) is 3.69. The first-order valence-corrected chi connectivity index (χ1v) is 8.98. The Balaban J connectivity index is 1.90. The maximum absolute atomic E-state index is 13.0. The maximum atomic E-state index is 13.0.